The third-order valence-electron chi connectivity index (χ3n) is 6.80. The molecule has 2 aromatic rings. The Morgan fingerprint density at radius 1 is 0.955 bits per heavy atom. The summed E-state index contributed by atoms with van der Waals surface area (Å²) >= 11 is 0. The number of amides is 3. The maximum atomic E-state index is 13.3. The van der Waals surface area contributed by atoms with Crippen LogP contribution in [0.1, 0.15) is 69.6 Å². The second-order valence-corrected chi connectivity index (χ2v) is 16.0. The number of nitrogens with one attached hydrogen (secondary N) is 2. The predicted octanol–water partition coefficient (Wildman–Crippen LogP) is 4.86. The largest absolute Gasteiger partial charge is 0.778 e. The number of nitrogens with zero attached hydrogens (tertiary/aromatic N) is 1. The van der Waals surface area contributed by atoms with Gasteiger partial charge in [0.05, 0.1) is 18.8 Å². The number of para-hydroxylation sites is 1. The van der Waals surface area contributed by atoms with Crippen LogP contribution in [0.5, 0.6) is 0 Å². The number of rotatable bonds is 17. The van der Waals surface area contributed by atoms with E-state index in [1.54, 1.807) is 40.3 Å². The molecule has 238 valence electrons. The molecule has 2 aromatic carbocycles. The molecule has 1 aliphatic heterocycles. The fourth-order valence-electron chi connectivity index (χ4n) is 4.16. The summed E-state index contributed by atoms with van der Waals surface area (Å²) in [6.07, 6.45) is 1.72. The molecule has 0 bridgehead atoms. The van der Waals surface area contributed by atoms with Crippen molar-refractivity contribution in [3.63, 3.8) is 0 Å². The van der Waals surface area contributed by atoms with Crippen LogP contribution in [0.3, 0.4) is 0 Å². The van der Waals surface area contributed by atoms with Crippen molar-refractivity contribution in [2.75, 3.05) is 30.3 Å². The maximum Gasteiger partial charge on any atom is 0.227 e. The lowest BCUT2D eigenvalue weighted by atomic mass is 10.0. The van der Waals surface area contributed by atoms with Crippen LogP contribution in [0, 0.1) is 11.8 Å². The van der Waals surface area contributed by atoms with Gasteiger partial charge >= 0.3 is 0 Å². The SMILES string of the molecule is CC(CCC(=O)NCCCOP(=O)([O-])C(C)C)SSCCNC(=O)CCC(=O)N1Cc2ccccc2C#Cc2ccccc21. The molecule has 0 aliphatic carbocycles. The summed E-state index contributed by atoms with van der Waals surface area (Å²) in [5, 5.41) is 5.93. The molecule has 2 unspecified atom stereocenters. The van der Waals surface area contributed by atoms with Gasteiger partial charge in [0, 0.05) is 60.1 Å². The van der Waals surface area contributed by atoms with Crippen LogP contribution in [0.15, 0.2) is 48.5 Å². The fraction of sp³-hybridized carbons (Fsp3) is 0.469. The van der Waals surface area contributed by atoms with Gasteiger partial charge < -0.3 is 29.5 Å². The number of fused-ring (bicyclic) bond motifs is 2. The summed E-state index contributed by atoms with van der Waals surface area (Å²) in [5.41, 5.74) is 2.84. The first-order valence-corrected chi connectivity index (χ1v) is 18.8. The van der Waals surface area contributed by atoms with Gasteiger partial charge in [-0.3, -0.25) is 14.4 Å². The summed E-state index contributed by atoms with van der Waals surface area (Å²) in [7, 11) is -0.526. The molecule has 0 spiro atoms. The highest BCUT2D eigenvalue weighted by molar-refractivity contribution is 8.76. The fourth-order valence-corrected chi connectivity index (χ4v) is 7.09. The monoisotopic (exact) mass is 658 g/mol. The predicted molar refractivity (Wildman–Crippen MR) is 177 cm³/mol. The first-order valence-electron chi connectivity index (χ1n) is 14.8. The van der Waals surface area contributed by atoms with Crippen LogP contribution in [0.2, 0.25) is 0 Å². The first-order chi connectivity index (χ1) is 21.1. The van der Waals surface area contributed by atoms with E-state index in [0.717, 1.165) is 22.4 Å². The molecule has 1 heterocycles. The Bertz CT molecular complexity index is 1390. The minimum Gasteiger partial charge on any atom is -0.778 e. The highest BCUT2D eigenvalue weighted by Crippen LogP contribution is 2.42. The molecule has 1 aliphatic rings. The second kappa shape index (κ2) is 18.3. The Morgan fingerprint density at radius 2 is 1.61 bits per heavy atom. The number of carbonyl (C=O) groups excluding carboxylic acids is 3. The van der Waals surface area contributed by atoms with E-state index < -0.39 is 13.3 Å². The van der Waals surface area contributed by atoms with Crippen LogP contribution in [-0.4, -0.2) is 54.1 Å². The number of anilines is 1. The topological polar surface area (TPSA) is 128 Å². The highest BCUT2D eigenvalue weighted by Gasteiger charge is 2.21. The van der Waals surface area contributed by atoms with Crippen molar-refractivity contribution < 1.29 is 28.4 Å². The summed E-state index contributed by atoms with van der Waals surface area (Å²) < 4.78 is 16.6. The van der Waals surface area contributed by atoms with Crippen LogP contribution in [0.25, 0.3) is 0 Å². The maximum absolute atomic E-state index is 13.3. The van der Waals surface area contributed by atoms with Crippen molar-refractivity contribution in [1.29, 1.82) is 0 Å². The molecular weight excluding hydrogens is 617 g/mol. The van der Waals surface area contributed by atoms with E-state index in [1.807, 2.05) is 55.5 Å². The van der Waals surface area contributed by atoms with E-state index in [1.165, 1.54) is 0 Å². The van der Waals surface area contributed by atoms with Crippen LogP contribution in [0.4, 0.5) is 5.69 Å². The Labute approximate surface area is 268 Å². The van der Waals surface area contributed by atoms with E-state index in [9.17, 15) is 23.8 Å². The molecule has 2 N–H and O–H groups in total. The zero-order valence-electron chi connectivity index (χ0n) is 25.5. The summed E-state index contributed by atoms with van der Waals surface area (Å²) in [4.78, 5) is 51.2. The molecule has 0 saturated carbocycles. The average molecular weight is 659 g/mol. The molecule has 9 nitrogen and oxygen atoms in total. The Kier molecular flexibility index (Phi) is 14.8. The number of benzene rings is 2. The molecule has 3 rings (SSSR count). The van der Waals surface area contributed by atoms with Gasteiger partial charge in [0.2, 0.25) is 17.7 Å². The number of carbonyl (C=O) groups is 3. The smallest absolute Gasteiger partial charge is 0.227 e. The Hall–Kier alpha value is -2.74. The van der Waals surface area contributed by atoms with Gasteiger partial charge in [-0.15, -0.1) is 0 Å². The normalized spacial score (nSPS) is 14.2. The summed E-state index contributed by atoms with van der Waals surface area (Å²) in [6.45, 7) is 6.51. The first kappa shape index (κ1) is 35.7. The lowest BCUT2D eigenvalue weighted by Crippen LogP contribution is -2.33. The van der Waals surface area contributed by atoms with Crippen molar-refractivity contribution in [2.24, 2.45) is 0 Å². The van der Waals surface area contributed by atoms with Gasteiger partial charge in [0.1, 0.15) is 7.60 Å². The zero-order chi connectivity index (χ0) is 32.0. The van der Waals surface area contributed by atoms with Gasteiger partial charge in [0.25, 0.3) is 0 Å². The molecule has 2 atom stereocenters. The average Bonchev–Trinajstić information content (AvgIpc) is 2.99. The van der Waals surface area contributed by atoms with Crippen LogP contribution < -0.4 is 20.4 Å². The van der Waals surface area contributed by atoms with Gasteiger partial charge in [-0.05, 0) is 36.6 Å². The van der Waals surface area contributed by atoms with Gasteiger partial charge in [-0.2, -0.15) is 0 Å². The Balaban J connectivity index is 1.29. The van der Waals surface area contributed by atoms with Crippen molar-refractivity contribution in [3.05, 3.63) is 65.2 Å². The second-order valence-electron chi connectivity index (χ2n) is 10.7. The quantitative estimate of drug-likeness (QED) is 0.107. The zero-order valence-corrected chi connectivity index (χ0v) is 28.0. The third-order valence-corrected chi connectivity index (χ3v) is 11.6. The van der Waals surface area contributed by atoms with Crippen molar-refractivity contribution >= 4 is 52.6 Å². The van der Waals surface area contributed by atoms with Gasteiger partial charge in [0.15, 0.2) is 0 Å². The Morgan fingerprint density at radius 3 is 2.39 bits per heavy atom. The molecule has 44 heavy (non-hydrogen) atoms. The third kappa shape index (κ3) is 12.0. The minimum atomic E-state index is -3.82. The van der Waals surface area contributed by atoms with E-state index in [2.05, 4.69) is 22.5 Å². The summed E-state index contributed by atoms with van der Waals surface area (Å²) in [6, 6.07) is 15.4. The summed E-state index contributed by atoms with van der Waals surface area (Å²) in [5.74, 6) is 6.73. The van der Waals surface area contributed by atoms with Crippen molar-refractivity contribution in [2.45, 2.75) is 70.3 Å². The molecule has 3 amide bonds. The van der Waals surface area contributed by atoms with E-state index >= 15 is 0 Å². The van der Waals surface area contributed by atoms with Crippen molar-refractivity contribution in [3.8, 4) is 11.8 Å². The van der Waals surface area contributed by atoms with Crippen LogP contribution >= 0.6 is 29.2 Å². The van der Waals surface area contributed by atoms with E-state index in [-0.39, 0.29) is 42.4 Å². The number of hydrogen-bond acceptors (Lipinski definition) is 8. The number of hydrogen-bond donors (Lipinski definition) is 2. The lowest BCUT2D eigenvalue weighted by molar-refractivity contribution is -0.200. The highest BCUT2D eigenvalue weighted by atomic mass is 33.1. The molecular formula is C32H41N3O6PS2-. The molecule has 0 fully saturated rings. The van der Waals surface area contributed by atoms with E-state index in [0.29, 0.717) is 44.6 Å². The van der Waals surface area contributed by atoms with Crippen molar-refractivity contribution in [1.82, 2.24) is 10.6 Å². The molecule has 12 heteroatoms. The molecule has 0 aromatic heterocycles. The van der Waals surface area contributed by atoms with Gasteiger partial charge in [-0.25, -0.2) is 0 Å². The molecule has 0 radical (unpaired) electrons. The standard InChI is InChI=1S/C32H42N3O6PS2/c1-24(2)42(39,40)41-21-8-19-33-30(36)16-13-25(3)44-43-22-20-34-31(37)17-18-32(38)35-23-28-11-5-4-9-26(28)14-15-27-10-6-7-12-29(27)35/h4-7,9-12,24-25H,8,13,16-23H2,1-3H3,(H,33,36)(H,34,37)(H,39,40)/p-1. The minimum absolute atomic E-state index is 0.0621. The lowest BCUT2D eigenvalue weighted by Gasteiger charge is -2.26. The van der Waals surface area contributed by atoms with Gasteiger partial charge in [-0.1, -0.05) is 84.5 Å². The van der Waals surface area contributed by atoms with Crippen LogP contribution in [-0.2, 0) is 30.0 Å². The van der Waals surface area contributed by atoms with E-state index in [4.69, 9.17) is 4.52 Å². The molecule has 0 saturated heterocycles.